The van der Waals surface area contributed by atoms with Gasteiger partial charge in [0.05, 0.1) is 27.2 Å². The van der Waals surface area contributed by atoms with Crippen molar-refractivity contribution in [2.75, 3.05) is 33.9 Å². The van der Waals surface area contributed by atoms with E-state index in [1.165, 1.54) is 12.8 Å². The average Bonchev–Trinajstić information content (AvgIpc) is 3.46. The second kappa shape index (κ2) is 7.65. The van der Waals surface area contributed by atoms with E-state index in [0.717, 1.165) is 43.0 Å². The first kappa shape index (κ1) is 18.1. The van der Waals surface area contributed by atoms with Gasteiger partial charge in [0, 0.05) is 30.1 Å². The molecule has 0 aromatic heterocycles. The molecule has 5 heteroatoms. The number of likely N-dealkylation sites (tertiary alicyclic amines) is 1. The van der Waals surface area contributed by atoms with Gasteiger partial charge in [-0.3, -0.25) is 4.79 Å². The highest BCUT2D eigenvalue weighted by atomic mass is 16.5. The third-order valence-corrected chi connectivity index (χ3v) is 5.60. The van der Waals surface area contributed by atoms with Crippen molar-refractivity contribution < 1.29 is 19.4 Å². The predicted molar refractivity (Wildman–Crippen MR) is 95.9 cm³/mol. The van der Waals surface area contributed by atoms with Gasteiger partial charge in [-0.1, -0.05) is 18.9 Å². The van der Waals surface area contributed by atoms with Crippen LogP contribution in [0.5, 0.6) is 11.5 Å². The van der Waals surface area contributed by atoms with E-state index in [-0.39, 0.29) is 17.9 Å². The molecule has 1 heterocycles. The molecule has 1 amide bonds. The molecule has 1 saturated heterocycles. The third kappa shape index (κ3) is 4.27. The van der Waals surface area contributed by atoms with Gasteiger partial charge in [0.1, 0.15) is 11.5 Å². The van der Waals surface area contributed by atoms with Gasteiger partial charge >= 0.3 is 0 Å². The average molecular weight is 347 g/mol. The highest BCUT2D eigenvalue weighted by molar-refractivity contribution is 5.79. The molecule has 5 nitrogen and oxygen atoms in total. The fraction of sp³-hybridized carbons (Fsp3) is 0.650. The number of carbonyl (C=O) groups is 1. The molecular formula is C20H29NO4. The molecule has 2 aliphatic rings. The zero-order valence-electron chi connectivity index (χ0n) is 15.3. The van der Waals surface area contributed by atoms with Crippen LogP contribution in [-0.2, 0) is 11.2 Å². The SMILES string of the molecule is COc1ccc(CC(=O)N2CCC[C@@](CO)(CC3CC3)C2)c(OC)c1. The summed E-state index contributed by atoms with van der Waals surface area (Å²) in [7, 11) is 3.22. The second-order valence-electron chi connectivity index (χ2n) is 7.58. The first-order chi connectivity index (χ1) is 12.1. The highest BCUT2D eigenvalue weighted by Gasteiger charge is 2.40. The minimum atomic E-state index is -0.0981. The van der Waals surface area contributed by atoms with E-state index in [2.05, 4.69) is 0 Å². The first-order valence-corrected chi connectivity index (χ1v) is 9.19. The largest absolute Gasteiger partial charge is 0.497 e. The van der Waals surface area contributed by atoms with Crippen LogP contribution in [0.2, 0.25) is 0 Å². The summed E-state index contributed by atoms with van der Waals surface area (Å²) in [5.41, 5.74) is 0.773. The number of benzene rings is 1. The summed E-state index contributed by atoms with van der Waals surface area (Å²) in [4.78, 5) is 14.8. The van der Waals surface area contributed by atoms with Gasteiger partial charge in [0.25, 0.3) is 0 Å². The van der Waals surface area contributed by atoms with Crippen molar-refractivity contribution in [3.05, 3.63) is 23.8 Å². The summed E-state index contributed by atoms with van der Waals surface area (Å²) >= 11 is 0. The van der Waals surface area contributed by atoms with Crippen LogP contribution < -0.4 is 9.47 Å². The molecule has 2 fully saturated rings. The minimum absolute atomic E-state index is 0.0981. The predicted octanol–water partition coefficient (Wildman–Crippen LogP) is 2.65. The topological polar surface area (TPSA) is 59.0 Å². The Bertz CT molecular complexity index is 614. The number of methoxy groups -OCH3 is 2. The number of amides is 1. The Labute approximate surface area is 149 Å². The minimum Gasteiger partial charge on any atom is -0.497 e. The number of nitrogens with zero attached hydrogens (tertiary/aromatic N) is 1. The first-order valence-electron chi connectivity index (χ1n) is 9.19. The molecule has 25 heavy (non-hydrogen) atoms. The maximum atomic E-state index is 12.9. The van der Waals surface area contributed by atoms with Crippen molar-refractivity contribution in [1.29, 1.82) is 0 Å². The lowest BCUT2D eigenvalue weighted by Gasteiger charge is -2.42. The molecule has 1 aliphatic heterocycles. The van der Waals surface area contributed by atoms with Gasteiger partial charge in [-0.25, -0.2) is 0 Å². The summed E-state index contributed by atoms with van der Waals surface area (Å²) in [6.45, 7) is 1.64. The second-order valence-corrected chi connectivity index (χ2v) is 7.58. The van der Waals surface area contributed by atoms with E-state index < -0.39 is 0 Å². The fourth-order valence-corrected chi connectivity index (χ4v) is 3.99. The molecule has 3 rings (SSSR count). The van der Waals surface area contributed by atoms with Crippen molar-refractivity contribution >= 4 is 5.91 Å². The third-order valence-electron chi connectivity index (χ3n) is 5.60. The van der Waals surface area contributed by atoms with Crippen molar-refractivity contribution in [1.82, 2.24) is 4.90 Å². The van der Waals surface area contributed by atoms with Gasteiger partial charge < -0.3 is 19.5 Å². The monoisotopic (exact) mass is 347 g/mol. The lowest BCUT2D eigenvalue weighted by molar-refractivity contribution is -0.135. The molecule has 1 aliphatic carbocycles. The summed E-state index contributed by atoms with van der Waals surface area (Å²) in [6.07, 6.45) is 5.92. The van der Waals surface area contributed by atoms with E-state index in [9.17, 15) is 9.90 Å². The molecule has 0 bridgehead atoms. The number of aliphatic hydroxyl groups is 1. The van der Waals surface area contributed by atoms with Crippen LogP contribution in [0.15, 0.2) is 18.2 Å². The standard InChI is InChI=1S/C20H29NO4/c1-24-17-7-6-16(18(11-17)25-2)10-19(23)21-9-3-8-20(13-21,14-22)12-15-4-5-15/h6-7,11,15,22H,3-5,8-10,12-14H2,1-2H3/t20-/m1/s1. The van der Waals surface area contributed by atoms with Gasteiger partial charge in [0.2, 0.25) is 5.91 Å². The van der Waals surface area contributed by atoms with E-state index >= 15 is 0 Å². The summed E-state index contributed by atoms with van der Waals surface area (Å²) in [5, 5.41) is 9.98. The van der Waals surface area contributed by atoms with Crippen molar-refractivity contribution in [3.63, 3.8) is 0 Å². The number of ether oxygens (including phenoxy) is 2. The Morgan fingerprint density at radius 3 is 2.76 bits per heavy atom. The Balaban J connectivity index is 1.68. The number of rotatable bonds is 7. The van der Waals surface area contributed by atoms with Crippen LogP contribution in [-0.4, -0.2) is 49.8 Å². The normalized spacial score (nSPS) is 23.4. The van der Waals surface area contributed by atoms with Gasteiger partial charge in [-0.15, -0.1) is 0 Å². The fourth-order valence-electron chi connectivity index (χ4n) is 3.99. The molecule has 1 saturated carbocycles. The number of hydrogen-bond acceptors (Lipinski definition) is 4. The molecule has 1 atom stereocenters. The van der Waals surface area contributed by atoms with E-state index in [0.29, 0.717) is 18.7 Å². The molecule has 1 N–H and O–H groups in total. The van der Waals surface area contributed by atoms with E-state index in [1.54, 1.807) is 14.2 Å². The number of piperidine rings is 1. The highest BCUT2D eigenvalue weighted by Crippen LogP contribution is 2.44. The quantitative estimate of drug-likeness (QED) is 0.824. The van der Waals surface area contributed by atoms with E-state index in [1.807, 2.05) is 23.1 Å². The van der Waals surface area contributed by atoms with Gasteiger partial charge in [-0.2, -0.15) is 0 Å². The number of carbonyl (C=O) groups excluding carboxylic acids is 1. The van der Waals surface area contributed by atoms with Crippen molar-refractivity contribution in [2.45, 2.75) is 38.5 Å². The Morgan fingerprint density at radius 2 is 2.12 bits per heavy atom. The lowest BCUT2D eigenvalue weighted by atomic mass is 9.76. The van der Waals surface area contributed by atoms with Crippen LogP contribution >= 0.6 is 0 Å². The summed E-state index contributed by atoms with van der Waals surface area (Å²) < 4.78 is 10.6. The summed E-state index contributed by atoms with van der Waals surface area (Å²) in [6, 6.07) is 5.55. The Hall–Kier alpha value is -1.75. The molecule has 1 aromatic carbocycles. The zero-order chi connectivity index (χ0) is 17.9. The van der Waals surface area contributed by atoms with Crippen LogP contribution in [0.3, 0.4) is 0 Å². The van der Waals surface area contributed by atoms with Crippen LogP contribution in [0.25, 0.3) is 0 Å². The number of hydrogen-bond donors (Lipinski definition) is 1. The lowest BCUT2D eigenvalue weighted by Crippen LogP contribution is -2.48. The van der Waals surface area contributed by atoms with Gasteiger partial charge in [0.15, 0.2) is 0 Å². The van der Waals surface area contributed by atoms with Crippen LogP contribution in [0, 0.1) is 11.3 Å². The zero-order valence-corrected chi connectivity index (χ0v) is 15.3. The van der Waals surface area contributed by atoms with Crippen LogP contribution in [0.1, 0.15) is 37.7 Å². The molecule has 0 unspecified atom stereocenters. The number of aliphatic hydroxyl groups excluding tert-OH is 1. The molecule has 1 aromatic rings. The van der Waals surface area contributed by atoms with Crippen LogP contribution in [0.4, 0.5) is 0 Å². The Kier molecular flexibility index (Phi) is 5.52. The molecule has 0 spiro atoms. The van der Waals surface area contributed by atoms with Gasteiger partial charge in [-0.05, 0) is 31.2 Å². The van der Waals surface area contributed by atoms with Crippen molar-refractivity contribution in [3.8, 4) is 11.5 Å². The molecule has 0 radical (unpaired) electrons. The Morgan fingerprint density at radius 1 is 1.32 bits per heavy atom. The molecule has 138 valence electrons. The summed E-state index contributed by atoms with van der Waals surface area (Å²) in [5.74, 6) is 2.26. The molecular weight excluding hydrogens is 318 g/mol. The smallest absolute Gasteiger partial charge is 0.227 e. The maximum Gasteiger partial charge on any atom is 0.227 e. The van der Waals surface area contributed by atoms with E-state index in [4.69, 9.17) is 9.47 Å². The van der Waals surface area contributed by atoms with Crippen molar-refractivity contribution in [2.24, 2.45) is 11.3 Å². The maximum absolute atomic E-state index is 12.9.